The third-order valence-corrected chi connectivity index (χ3v) is 3.90. The Balaban J connectivity index is 1.89. The fraction of sp³-hybridized carbons (Fsp3) is 0.400. The number of anilines is 1. The van der Waals surface area contributed by atoms with Crippen LogP contribution in [0.3, 0.4) is 0 Å². The van der Waals surface area contributed by atoms with E-state index in [1.165, 1.54) is 6.42 Å². The van der Waals surface area contributed by atoms with E-state index in [4.69, 9.17) is 10.8 Å². The van der Waals surface area contributed by atoms with Crippen molar-refractivity contribution in [2.24, 2.45) is 0 Å². The Kier molecular flexibility index (Phi) is 3.60. The summed E-state index contributed by atoms with van der Waals surface area (Å²) in [5, 5.41) is 17.7. The molecule has 0 saturated heterocycles. The van der Waals surface area contributed by atoms with Crippen molar-refractivity contribution in [1.82, 2.24) is 14.8 Å². The molecule has 6 heteroatoms. The highest BCUT2D eigenvalue weighted by Gasteiger charge is 2.16. The number of aromatic carboxylic acids is 1. The first-order chi connectivity index (χ1) is 10.1. The Morgan fingerprint density at radius 1 is 1.29 bits per heavy atom. The van der Waals surface area contributed by atoms with Gasteiger partial charge in [-0.3, -0.25) is 0 Å². The predicted octanol–water partition coefficient (Wildman–Crippen LogP) is 1.88. The van der Waals surface area contributed by atoms with Crippen LogP contribution in [0.1, 0.15) is 46.8 Å². The molecule has 3 N–H and O–H groups in total. The molecule has 2 heterocycles. The van der Waals surface area contributed by atoms with E-state index >= 15 is 0 Å². The van der Waals surface area contributed by atoms with Crippen LogP contribution in [0.2, 0.25) is 0 Å². The summed E-state index contributed by atoms with van der Waals surface area (Å²) in [6.45, 7) is 0.943. The molecular formula is C15H18N4O2. The minimum atomic E-state index is -1.01. The number of hydrogen-bond acceptors (Lipinski definition) is 4. The second kappa shape index (κ2) is 5.55. The predicted molar refractivity (Wildman–Crippen MR) is 78.2 cm³/mol. The van der Waals surface area contributed by atoms with Crippen LogP contribution >= 0.6 is 0 Å². The van der Waals surface area contributed by atoms with E-state index < -0.39 is 5.97 Å². The largest absolute Gasteiger partial charge is 0.478 e. The molecule has 6 nitrogen and oxygen atoms in total. The van der Waals surface area contributed by atoms with Gasteiger partial charge in [0, 0.05) is 25.1 Å². The smallest absolute Gasteiger partial charge is 0.337 e. The summed E-state index contributed by atoms with van der Waals surface area (Å²) in [7, 11) is 0. The topological polar surface area (TPSA) is 94.0 Å². The maximum absolute atomic E-state index is 11.1. The molecule has 1 aromatic carbocycles. The van der Waals surface area contributed by atoms with Crippen LogP contribution in [-0.4, -0.2) is 25.8 Å². The number of nitrogens with two attached hydrogens (primary N) is 1. The minimum absolute atomic E-state index is 0.142. The number of carbonyl (C=O) groups is 1. The summed E-state index contributed by atoms with van der Waals surface area (Å²) < 4.78 is 2.17. The van der Waals surface area contributed by atoms with Crippen molar-refractivity contribution < 1.29 is 9.90 Å². The Morgan fingerprint density at radius 3 is 2.95 bits per heavy atom. The molecule has 0 atom stereocenters. The Bertz CT molecular complexity index is 678. The lowest BCUT2D eigenvalue weighted by molar-refractivity contribution is 0.0698. The third-order valence-electron chi connectivity index (χ3n) is 3.90. The quantitative estimate of drug-likeness (QED) is 0.840. The number of carboxylic acids is 1. The highest BCUT2D eigenvalue weighted by Crippen LogP contribution is 2.19. The third kappa shape index (κ3) is 2.74. The molecule has 0 amide bonds. The molecule has 3 rings (SSSR count). The zero-order chi connectivity index (χ0) is 14.8. The number of benzene rings is 1. The minimum Gasteiger partial charge on any atom is -0.478 e. The van der Waals surface area contributed by atoms with Crippen LogP contribution in [0.25, 0.3) is 0 Å². The van der Waals surface area contributed by atoms with Crippen molar-refractivity contribution in [1.29, 1.82) is 0 Å². The molecule has 110 valence electrons. The lowest BCUT2D eigenvalue weighted by Crippen LogP contribution is -2.08. The monoisotopic (exact) mass is 286 g/mol. The summed E-state index contributed by atoms with van der Waals surface area (Å²) in [6, 6.07) is 5.11. The zero-order valence-electron chi connectivity index (χ0n) is 11.7. The van der Waals surface area contributed by atoms with Gasteiger partial charge >= 0.3 is 5.97 Å². The van der Waals surface area contributed by atoms with Crippen molar-refractivity contribution in [2.45, 2.75) is 38.6 Å². The molecule has 21 heavy (non-hydrogen) atoms. The van der Waals surface area contributed by atoms with Crippen LogP contribution in [0, 0.1) is 0 Å². The lowest BCUT2D eigenvalue weighted by atomic mass is 10.1. The molecule has 0 bridgehead atoms. The van der Waals surface area contributed by atoms with Gasteiger partial charge in [-0.2, -0.15) is 0 Å². The van der Waals surface area contributed by atoms with Gasteiger partial charge in [0.15, 0.2) is 0 Å². The summed E-state index contributed by atoms with van der Waals surface area (Å²) >= 11 is 0. The number of carboxylic acid groups (broad SMARTS) is 1. The van der Waals surface area contributed by atoms with Crippen molar-refractivity contribution >= 4 is 11.7 Å². The van der Waals surface area contributed by atoms with Crippen LogP contribution in [0.15, 0.2) is 18.2 Å². The normalized spacial score (nSPS) is 14.5. The van der Waals surface area contributed by atoms with E-state index in [9.17, 15) is 4.79 Å². The van der Waals surface area contributed by atoms with E-state index in [0.717, 1.165) is 43.0 Å². The standard InChI is InChI=1S/C15H18N4O2/c16-12-6-5-10(8-11(12)15(20)21)9-14-18-17-13-4-2-1-3-7-19(13)14/h5-6,8H,1-4,7,9,16H2,(H,20,21). The van der Waals surface area contributed by atoms with Gasteiger partial charge in [0.2, 0.25) is 0 Å². The zero-order valence-corrected chi connectivity index (χ0v) is 11.7. The SMILES string of the molecule is Nc1ccc(Cc2nnc3n2CCCCC3)cc1C(=O)O. The van der Waals surface area contributed by atoms with Gasteiger partial charge in [0.1, 0.15) is 11.6 Å². The van der Waals surface area contributed by atoms with E-state index in [0.29, 0.717) is 6.42 Å². The Morgan fingerprint density at radius 2 is 2.14 bits per heavy atom. The fourth-order valence-corrected chi connectivity index (χ4v) is 2.76. The van der Waals surface area contributed by atoms with Gasteiger partial charge < -0.3 is 15.4 Å². The molecule has 1 aliphatic heterocycles. The first-order valence-electron chi connectivity index (χ1n) is 7.18. The number of nitrogens with zero attached hydrogens (tertiary/aromatic N) is 3. The number of fused-ring (bicyclic) bond motifs is 1. The van der Waals surface area contributed by atoms with Crippen LogP contribution < -0.4 is 5.73 Å². The van der Waals surface area contributed by atoms with E-state index in [-0.39, 0.29) is 11.3 Å². The van der Waals surface area contributed by atoms with E-state index in [2.05, 4.69) is 14.8 Å². The summed E-state index contributed by atoms with van der Waals surface area (Å²) in [6.07, 6.45) is 5.06. The molecule has 0 unspecified atom stereocenters. The van der Waals surface area contributed by atoms with Crippen molar-refractivity contribution in [3.05, 3.63) is 41.0 Å². The van der Waals surface area contributed by atoms with E-state index in [1.54, 1.807) is 12.1 Å². The average Bonchev–Trinajstić information content (AvgIpc) is 2.69. The summed E-state index contributed by atoms with van der Waals surface area (Å²) in [4.78, 5) is 11.1. The first kappa shape index (κ1) is 13.6. The van der Waals surface area contributed by atoms with Gasteiger partial charge in [0.05, 0.1) is 5.56 Å². The number of rotatable bonds is 3. The van der Waals surface area contributed by atoms with Gasteiger partial charge in [0.25, 0.3) is 0 Å². The fourth-order valence-electron chi connectivity index (χ4n) is 2.76. The number of aryl methyl sites for hydroxylation is 1. The molecule has 0 fully saturated rings. The second-order valence-electron chi connectivity index (χ2n) is 5.40. The maximum Gasteiger partial charge on any atom is 0.337 e. The molecule has 0 spiro atoms. The molecular weight excluding hydrogens is 268 g/mol. The number of hydrogen-bond donors (Lipinski definition) is 2. The van der Waals surface area contributed by atoms with Crippen molar-refractivity contribution in [2.75, 3.05) is 5.73 Å². The van der Waals surface area contributed by atoms with Crippen LogP contribution in [0.4, 0.5) is 5.69 Å². The van der Waals surface area contributed by atoms with Gasteiger partial charge in [-0.05, 0) is 30.5 Å². The molecule has 1 aromatic heterocycles. The maximum atomic E-state index is 11.1. The molecule has 2 aromatic rings. The Labute approximate surface area is 122 Å². The van der Waals surface area contributed by atoms with E-state index in [1.807, 2.05) is 6.07 Å². The molecule has 1 aliphatic rings. The summed E-state index contributed by atoms with van der Waals surface area (Å²) in [5.74, 6) is 0.929. The van der Waals surface area contributed by atoms with Crippen LogP contribution in [-0.2, 0) is 19.4 Å². The lowest BCUT2D eigenvalue weighted by Gasteiger charge is -2.08. The number of nitrogen functional groups attached to an aromatic ring is 1. The molecule has 0 radical (unpaired) electrons. The number of aromatic nitrogens is 3. The van der Waals surface area contributed by atoms with Gasteiger partial charge in [-0.15, -0.1) is 10.2 Å². The molecule has 0 aliphatic carbocycles. The first-order valence-corrected chi connectivity index (χ1v) is 7.18. The highest BCUT2D eigenvalue weighted by molar-refractivity contribution is 5.93. The van der Waals surface area contributed by atoms with Gasteiger partial charge in [-0.1, -0.05) is 12.5 Å². The van der Waals surface area contributed by atoms with Crippen molar-refractivity contribution in [3.63, 3.8) is 0 Å². The molecule has 0 saturated carbocycles. The average molecular weight is 286 g/mol. The second-order valence-corrected chi connectivity index (χ2v) is 5.40. The van der Waals surface area contributed by atoms with Crippen molar-refractivity contribution in [3.8, 4) is 0 Å². The highest BCUT2D eigenvalue weighted by atomic mass is 16.4. The summed E-state index contributed by atoms with van der Waals surface area (Å²) in [5.41, 5.74) is 7.00. The van der Waals surface area contributed by atoms with Crippen LogP contribution in [0.5, 0.6) is 0 Å². The Hall–Kier alpha value is -2.37. The van der Waals surface area contributed by atoms with Gasteiger partial charge in [-0.25, -0.2) is 4.79 Å².